The molecule has 0 fully saturated rings. The summed E-state index contributed by atoms with van der Waals surface area (Å²) in [5.74, 6) is 1.33. The standard InChI is InChI=1S/C12H14Cl2O2S/c1-2-3-6-17-12(15)8-16-11-5-4-9(13)7-10(11)14/h4-5,7H,2-3,6,8H2,1H3. The van der Waals surface area contributed by atoms with Crippen LogP contribution in [-0.4, -0.2) is 17.5 Å². The number of carbonyl (C=O) groups is 1. The van der Waals surface area contributed by atoms with Gasteiger partial charge in [0.15, 0.2) is 6.61 Å². The minimum absolute atomic E-state index is 0.0180. The molecule has 94 valence electrons. The lowest BCUT2D eigenvalue weighted by Crippen LogP contribution is -2.08. The van der Waals surface area contributed by atoms with Gasteiger partial charge in [-0.25, -0.2) is 0 Å². The van der Waals surface area contributed by atoms with Crippen molar-refractivity contribution in [3.63, 3.8) is 0 Å². The summed E-state index contributed by atoms with van der Waals surface area (Å²) in [6, 6.07) is 4.93. The van der Waals surface area contributed by atoms with E-state index in [0.717, 1.165) is 18.6 Å². The molecule has 0 amide bonds. The van der Waals surface area contributed by atoms with Crippen LogP contribution in [0.1, 0.15) is 19.8 Å². The van der Waals surface area contributed by atoms with Gasteiger partial charge in [-0.3, -0.25) is 4.79 Å². The normalized spacial score (nSPS) is 10.3. The summed E-state index contributed by atoms with van der Waals surface area (Å²) in [6.45, 7) is 2.13. The summed E-state index contributed by atoms with van der Waals surface area (Å²) < 4.78 is 5.32. The SMILES string of the molecule is CCCCSC(=O)COc1ccc(Cl)cc1Cl. The van der Waals surface area contributed by atoms with Crippen molar-refractivity contribution in [1.29, 1.82) is 0 Å². The van der Waals surface area contributed by atoms with E-state index < -0.39 is 0 Å². The van der Waals surface area contributed by atoms with Crippen LogP contribution in [0.25, 0.3) is 0 Å². The lowest BCUT2D eigenvalue weighted by Gasteiger charge is -2.07. The van der Waals surface area contributed by atoms with Gasteiger partial charge in [0.2, 0.25) is 5.12 Å². The second-order valence-corrected chi connectivity index (χ2v) is 5.43. The summed E-state index contributed by atoms with van der Waals surface area (Å²) in [7, 11) is 0. The molecule has 0 aliphatic rings. The molecule has 0 heterocycles. The molecule has 0 saturated heterocycles. The van der Waals surface area contributed by atoms with Gasteiger partial charge in [-0.2, -0.15) is 0 Å². The minimum Gasteiger partial charge on any atom is -0.483 e. The van der Waals surface area contributed by atoms with Crippen LogP contribution in [0.5, 0.6) is 5.75 Å². The highest BCUT2D eigenvalue weighted by atomic mass is 35.5. The summed E-state index contributed by atoms with van der Waals surface area (Å²) in [4.78, 5) is 11.4. The minimum atomic E-state index is 0.0180. The molecule has 0 saturated carbocycles. The van der Waals surface area contributed by atoms with Crippen LogP contribution in [0, 0.1) is 0 Å². The highest BCUT2D eigenvalue weighted by molar-refractivity contribution is 8.13. The third kappa shape index (κ3) is 5.66. The van der Waals surface area contributed by atoms with Crippen LogP contribution in [0.2, 0.25) is 10.0 Å². The Kier molecular flexibility index (Phi) is 6.78. The number of ether oxygens (including phenoxy) is 1. The predicted octanol–water partition coefficient (Wildman–Crippen LogP) is 4.43. The molecule has 0 radical (unpaired) electrons. The van der Waals surface area contributed by atoms with Gasteiger partial charge in [-0.15, -0.1) is 0 Å². The number of carbonyl (C=O) groups excluding carboxylic acids is 1. The summed E-state index contributed by atoms with van der Waals surface area (Å²) in [6.07, 6.45) is 2.13. The highest BCUT2D eigenvalue weighted by Gasteiger charge is 2.06. The molecule has 1 aromatic rings. The quantitative estimate of drug-likeness (QED) is 0.726. The van der Waals surface area contributed by atoms with Crippen LogP contribution in [0.3, 0.4) is 0 Å². The Balaban J connectivity index is 2.37. The van der Waals surface area contributed by atoms with Crippen molar-refractivity contribution >= 4 is 40.1 Å². The number of rotatable bonds is 6. The molecule has 0 aliphatic carbocycles. The molecule has 0 spiro atoms. The van der Waals surface area contributed by atoms with Gasteiger partial charge in [0.25, 0.3) is 0 Å². The molecule has 0 N–H and O–H groups in total. The predicted molar refractivity (Wildman–Crippen MR) is 74.3 cm³/mol. The number of hydrogen-bond acceptors (Lipinski definition) is 3. The topological polar surface area (TPSA) is 26.3 Å². The maximum absolute atomic E-state index is 11.4. The average molecular weight is 293 g/mol. The van der Waals surface area contributed by atoms with E-state index in [4.69, 9.17) is 27.9 Å². The van der Waals surface area contributed by atoms with Gasteiger partial charge in [-0.05, 0) is 24.6 Å². The van der Waals surface area contributed by atoms with Crippen molar-refractivity contribution in [2.75, 3.05) is 12.4 Å². The van der Waals surface area contributed by atoms with Crippen LogP contribution in [-0.2, 0) is 4.79 Å². The molecule has 0 atom stereocenters. The molecule has 17 heavy (non-hydrogen) atoms. The number of benzene rings is 1. The fourth-order valence-electron chi connectivity index (χ4n) is 1.10. The maximum atomic E-state index is 11.4. The molecular formula is C12H14Cl2O2S. The van der Waals surface area contributed by atoms with Crippen molar-refractivity contribution in [3.05, 3.63) is 28.2 Å². The lowest BCUT2D eigenvalue weighted by atomic mass is 10.3. The summed E-state index contributed by atoms with van der Waals surface area (Å²) in [5.41, 5.74) is 0. The summed E-state index contributed by atoms with van der Waals surface area (Å²) >= 11 is 13.0. The monoisotopic (exact) mass is 292 g/mol. The first-order valence-electron chi connectivity index (χ1n) is 5.37. The van der Waals surface area contributed by atoms with E-state index in [0.29, 0.717) is 15.8 Å². The molecule has 1 aromatic carbocycles. The first kappa shape index (κ1) is 14.7. The third-order valence-corrected chi connectivity index (χ3v) is 3.46. The Morgan fingerprint density at radius 3 is 2.82 bits per heavy atom. The Morgan fingerprint density at radius 1 is 1.41 bits per heavy atom. The Morgan fingerprint density at radius 2 is 2.18 bits per heavy atom. The van der Waals surface area contributed by atoms with Crippen molar-refractivity contribution in [2.45, 2.75) is 19.8 Å². The average Bonchev–Trinajstić information content (AvgIpc) is 2.28. The smallest absolute Gasteiger partial charge is 0.226 e. The maximum Gasteiger partial charge on any atom is 0.226 e. The number of hydrogen-bond donors (Lipinski definition) is 0. The highest BCUT2D eigenvalue weighted by Crippen LogP contribution is 2.27. The second-order valence-electron chi connectivity index (χ2n) is 3.44. The Labute approximate surface area is 116 Å². The zero-order valence-electron chi connectivity index (χ0n) is 9.54. The van der Waals surface area contributed by atoms with Gasteiger partial charge in [0.05, 0.1) is 5.02 Å². The molecule has 0 aromatic heterocycles. The van der Waals surface area contributed by atoms with Crippen LogP contribution in [0.15, 0.2) is 18.2 Å². The third-order valence-electron chi connectivity index (χ3n) is 2.00. The van der Waals surface area contributed by atoms with Gasteiger partial charge in [-0.1, -0.05) is 48.3 Å². The molecule has 1 rings (SSSR count). The molecule has 2 nitrogen and oxygen atoms in total. The lowest BCUT2D eigenvalue weighted by molar-refractivity contribution is -0.112. The van der Waals surface area contributed by atoms with E-state index in [1.54, 1.807) is 18.2 Å². The fraction of sp³-hybridized carbons (Fsp3) is 0.417. The van der Waals surface area contributed by atoms with E-state index in [1.165, 1.54) is 11.8 Å². The zero-order valence-corrected chi connectivity index (χ0v) is 11.9. The van der Waals surface area contributed by atoms with E-state index in [-0.39, 0.29) is 11.7 Å². The first-order valence-corrected chi connectivity index (χ1v) is 7.11. The number of unbranched alkanes of at least 4 members (excludes halogenated alkanes) is 1. The Bertz CT molecular complexity index is 383. The van der Waals surface area contributed by atoms with E-state index in [2.05, 4.69) is 6.92 Å². The number of thioether (sulfide) groups is 1. The molecule has 0 bridgehead atoms. The van der Waals surface area contributed by atoms with Crippen molar-refractivity contribution in [3.8, 4) is 5.75 Å². The van der Waals surface area contributed by atoms with Gasteiger partial charge in [0.1, 0.15) is 5.75 Å². The molecule has 0 unspecified atom stereocenters. The number of halogens is 2. The molecular weight excluding hydrogens is 279 g/mol. The molecule has 0 aliphatic heterocycles. The van der Waals surface area contributed by atoms with Gasteiger partial charge in [0, 0.05) is 10.8 Å². The fourth-order valence-corrected chi connectivity index (χ4v) is 2.37. The van der Waals surface area contributed by atoms with Crippen LogP contribution >= 0.6 is 35.0 Å². The Hall–Kier alpha value is -0.380. The first-order chi connectivity index (χ1) is 8.13. The van der Waals surface area contributed by atoms with Gasteiger partial charge < -0.3 is 4.74 Å². The molecule has 5 heteroatoms. The van der Waals surface area contributed by atoms with Crippen LogP contribution < -0.4 is 4.74 Å². The zero-order chi connectivity index (χ0) is 12.7. The largest absolute Gasteiger partial charge is 0.483 e. The van der Waals surface area contributed by atoms with Crippen molar-refractivity contribution in [1.82, 2.24) is 0 Å². The van der Waals surface area contributed by atoms with E-state index in [9.17, 15) is 4.79 Å². The van der Waals surface area contributed by atoms with E-state index >= 15 is 0 Å². The van der Waals surface area contributed by atoms with Crippen molar-refractivity contribution < 1.29 is 9.53 Å². The summed E-state index contributed by atoms with van der Waals surface area (Å²) in [5, 5.41) is 0.985. The van der Waals surface area contributed by atoms with Crippen molar-refractivity contribution in [2.24, 2.45) is 0 Å². The van der Waals surface area contributed by atoms with Gasteiger partial charge >= 0.3 is 0 Å². The van der Waals surface area contributed by atoms with E-state index in [1.807, 2.05) is 0 Å². The van der Waals surface area contributed by atoms with Crippen LogP contribution in [0.4, 0.5) is 0 Å². The second kappa shape index (κ2) is 7.85.